The largest absolute Gasteiger partial charge is 0.296 e. The molecule has 0 aliphatic carbocycles. The lowest BCUT2D eigenvalue weighted by Gasteiger charge is -2.10. The molecule has 3 heterocycles. The van der Waals surface area contributed by atoms with Crippen molar-refractivity contribution >= 4 is 39.4 Å². The summed E-state index contributed by atoms with van der Waals surface area (Å²) in [5, 5.41) is 27.9. The average Bonchev–Trinajstić information content (AvgIpc) is 2.72. The fourth-order valence-corrected chi connectivity index (χ4v) is 2.85. The lowest BCUT2D eigenvalue weighted by molar-refractivity contribution is 0.111. The number of fused-ring (bicyclic) bond motifs is 6. The van der Waals surface area contributed by atoms with Crippen LogP contribution in [0.3, 0.4) is 0 Å². The van der Waals surface area contributed by atoms with Crippen LogP contribution in [0.25, 0.3) is 33.1 Å². The summed E-state index contributed by atoms with van der Waals surface area (Å²) in [4.78, 5) is 37.2. The lowest BCUT2D eigenvalue weighted by atomic mass is 10.1. The molecule has 3 aromatic heterocycles. The van der Waals surface area contributed by atoms with Gasteiger partial charge >= 0.3 is 0 Å². The summed E-state index contributed by atoms with van der Waals surface area (Å²) in [7, 11) is 0. The van der Waals surface area contributed by atoms with E-state index in [0.29, 0.717) is 17.7 Å². The second-order valence-electron chi connectivity index (χ2n) is 5.82. The van der Waals surface area contributed by atoms with E-state index in [4.69, 9.17) is 0 Å². The molecule has 0 atom stereocenters. The Balaban J connectivity index is 2.39. The maximum absolute atomic E-state index is 11.3. The highest BCUT2D eigenvalue weighted by atomic mass is 16.1. The van der Waals surface area contributed by atoms with Crippen LogP contribution in [0.4, 0.5) is 0 Å². The molecule has 28 heavy (non-hydrogen) atoms. The minimum absolute atomic E-state index is 0.0764. The summed E-state index contributed by atoms with van der Waals surface area (Å²) in [5.74, 6) is 0. The second-order valence-corrected chi connectivity index (χ2v) is 5.82. The quantitative estimate of drug-likeness (QED) is 0.356. The first-order chi connectivity index (χ1) is 13.5. The molecule has 0 aliphatic heterocycles. The van der Waals surface area contributed by atoms with Gasteiger partial charge in [0.15, 0.2) is 23.4 Å². The molecule has 0 bridgehead atoms. The van der Waals surface area contributed by atoms with Gasteiger partial charge in [-0.1, -0.05) is 0 Å². The average molecular weight is 365 g/mol. The van der Waals surface area contributed by atoms with Crippen LogP contribution in [0.15, 0.2) is 0 Å². The molecule has 10 nitrogen and oxygen atoms in total. The molecular weight excluding hydrogens is 358 g/mol. The van der Waals surface area contributed by atoms with Crippen LogP contribution in [0.1, 0.15) is 39.0 Å². The molecule has 0 aliphatic rings. The Labute approximate surface area is 156 Å². The maximum atomic E-state index is 11.3. The monoisotopic (exact) mass is 365 g/mol. The van der Waals surface area contributed by atoms with Crippen molar-refractivity contribution in [3.63, 3.8) is 0 Å². The Kier molecular flexibility index (Phi) is 3.59. The smallest absolute Gasteiger partial charge is 0.171 e. The summed E-state index contributed by atoms with van der Waals surface area (Å²) >= 11 is 0. The van der Waals surface area contributed by atoms with Gasteiger partial charge in [0.2, 0.25) is 0 Å². The molecule has 0 amide bonds. The molecule has 4 rings (SSSR count). The number of nitrogens with zero attached hydrogens (tertiary/aromatic N) is 9. The zero-order valence-corrected chi connectivity index (χ0v) is 14.5. The third kappa shape index (κ3) is 2.21. The van der Waals surface area contributed by atoms with Gasteiger partial charge in [0, 0.05) is 0 Å². The van der Waals surface area contributed by atoms with Crippen molar-refractivity contribution in [3.8, 4) is 18.2 Å². The van der Waals surface area contributed by atoms with Crippen LogP contribution >= 0.6 is 0 Å². The fourth-order valence-electron chi connectivity index (χ4n) is 2.85. The van der Waals surface area contributed by atoms with Gasteiger partial charge in [-0.3, -0.25) is 4.79 Å². The number of aldehydes is 1. The molecular formula is C18H7N9O. The Bertz CT molecular complexity index is 1450. The molecule has 0 saturated carbocycles. The highest BCUT2D eigenvalue weighted by molar-refractivity contribution is 6.18. The first-order valence-corrected chi connectivity index (χ1v) is 7.88. The van der Waals surface area contributed by atoms with Crippen LogP contribution in [0, 0.1) is 47.8 Å². The number of rotatable bonds is 1. The minimum Gasteiger partial charge on any atom is -0.296 e. The van der Waals surface area contributed by atoms with Gasteiger partial charge in [-0.15, -0.1) is 0 Å². The van der Waals surface area contributed by atoms with Crippen LogP contribution in [-0.2, 0) is 0 Å². The van der Waals surface area contributed by atoms with E-state index in [2.05, 4.69) is 29.9 Å². The van der Waals surface area contributed by atoms with E-state index in [-0.39, 0.29) is 55.9 Å². The lowest BCUT2D eigenvalue weighted by Crippen LogP contribution is -2.05. The van der Waals surface area contributed by atoms with Crippen LogP contribution in [0.5, 0.6) is 0 Å². The molecule has 4 aromatic rings. The van der Waals surface area contributed by atoms with Crippen molar-refractivity contribution in [2.24, 2.45) is 0 Å². The fraction of sp³-hybridized carbons (Fsp3) is 0.111. The summed E-state index contributed by atoms with van der Waals surface area (Å²) in [6, 6.07) is 5.75. The van der Waals surface area contributed by atoms with Gasteiger partial charge in [-0.2, -0.15) is 15.8 Å². The third-order valence-corrected chi connectivity index (χ3v) is 4.17. The number of carbonyl (C=O) groups excluding carboxylic acids is 1. The summed E-state index contributed by atoms with van der Waals surface area (Å²) in [6.07, 6.45) is 0.420. The van der Waals surface area contributed by atoms with Gasteiger partial charge in [0.1, 0.15) is 57.0 Å². The van der Waals surface area contributed by atoms with Crippen LogP contribution in [0.2, 0.25) is 0 Å². The molecule has 0 saturated heterocycles. The van der Waals surface area contributed by atoms with Gasteiger partial charge in [-0.05, 0) is 13.8 Å². The van der Waals surface area contributed by atoms with Crippen LogP contribution < -0.4 is 0 Å². The molecule has 0 radical (unpaired) electrons. The molecule has 0 unspecified atom stereocenters. The normalized spacial score (nSPS) is 10.5. The Morgan fingerprint density at radius 2 is 0.964 bits per heavy atom. The molecule has 1 aromatic carbocycles. The first kappa shape index (κ1) is 16.8. The molecule has 0 N–H and O–H groups in total. The van der Waals surface area contributed by atoms with E-state index in [1.807, 2.05) is 18.2 Å². The van der Waals surface area contributed by atoms with E-state index in [1.54, 1.807) is 13.8 Å². The standard InChI is InChI=1S/C18H7N9O/c1-7-9(3-19)24-15-13-16(25-10(4-20)8(2)22-13)18-17(14(15)23-7)26-11(5-21)12(6-28)27-18/h6H,1-2H3. The Hall–Kier alpha value is -4.62. The van der Waals surface area contributed by atoms with Gasteiger partial charge in [0.05, 0.1) is 11.4 Å². The molecule has 130 valence electrons. The van der Waals surface area contributed by atoms with Crippen molar-refractivity contribution in [3.05, 3.63) is 34.2 Å². The Morgan fingerprint density at radius 1 is 0.607 bits per heavy atom. The van der Waals surface area contributed by atoms with Gasteiger partial charge in [0.25, 0.3) is 0 Å². The van der Waals surface area contributed by atoms with Crippen LogP contribution in [-0.4, -0.2) is 36.2 Å². The summed E-state index contributed by atoms with van der Waals surface area (Å²) in [5.41, 5.74) is 1.94. The van der Waals surface area contributed by atoms with E-state index >= 15 is 0 Å². The van der Waals surface area contributed by atoms with Crippen molar-refractivity contribution in [2.75, 3.05) is 0 Å². The molecule has 0 spiro atoms. The predicted molar refractivity (Wildman–Crippen MR) is 94.7 cm³/mol. The maximum Gasteiger partial charge on any atom is 0.171 e. The number of nitriles is 3. The van der Waals surface area contributed by atoms with Gasteiger partial charge < -0.3 is 0 Å². The Morgan fingerprint density at radius 3 is 1.36 bits per heavy atom. The first-order valence-electron chi connectivity index (χ1n) is 7.88. The number of aryl methyl sites for hydroxylation is 2. The predicted octanol–water partition coefficient (Wildman–Crippen LogP) is 1.56. The topological polar surface area (TPSA) is 166 Å². The van der Waals surface area contributed by atoms with Crippen molar-refractivity contribution in [2.45, 2.75) is 13.8 Å². The number of aromatic nitrogens is 6. The SMILES string of the molecule is Cc1nc2c3nc(C#N)c(C)nc3c3nc(C#N)c(C=O)nc3c2nc1C#N. The van der Waals surface area contributed by atoms with Crippen molar-refractivity contribution in [1.29, 1.82) is 15.8 Å². The van der Waals surface area contributed by atoms with Gasteiger partial charge in [-0.25, -0.2) is 29.9 Å². The zero-order valence-electron chi connectivity index (χ0n) is 14.5. The highest BCUT2D eigenvalue weighted by Crippen LogP contribution is 2.30. The summed E-state index contributed by atoms with van der Waals surface area (Å²) in [6.45, 7) is 3.24. The van der Waals surface area contributed by atoms with E-state index in [9.17, 15) is 20.6 Å². The van der Waals surface area contributed by atoms with Crippen molar-refractivity contribution in [1.82, 2.24) is 29.9 Å². The number of hydrogen-bond donors (Lipinski definition) is 0. The third-order valence-electron chi connectivity index (χ3n) is 4.17. The van der Waals surface area contributed by atoms with E-state index in [0.717, 1.165) is 0 Å². The highest BCUT2D eigenvalue weighted by Gasteiger charge is 2.21. The minimum atomic E-state index is -0.174. The van der Waals surface area contributed by atoms with Crippen molar-refractivity contribution < 1.29 is 4.79 Å². The molecule has 10 heteroatoms. The number of benzene rings is 1. The summed E-state index contributed by atoms with van der Waals surface area (Å²) < 4.78 is 0. The second kappa shape index (κ2) is 5.97. The van der Waals surface area contributed by atoms with E-state index < -0.39 is 0 Å². The number of hydrogen-bond acceptors (Lipinski definition) is 10. The molecule has 0 fully saturated rings. The van der Waals surface area contributed by atoms with E-state index in [1.165, 1.54) is 0 Å². The number of carbonyl (C=O) groups is 1. The zero-order chi connectivity index (χ0) is 20.0.